The first-order valence-corrected chi connectivity index (χ1v) is 17.2. The van der Waals surface area contributed by atoms with Crippen LogP contribution in [0, 0.1) is 0 Å². The number of aryl methyl sites for hydroxylation is 1. The molecule has 0 N–H and O–H groups in total. The van der Waals surface area contributed by atoms with E-state index in [9.17, 15) is 0 Å². The van der Waals surface area contributed by atoms with Crippen LogP contribution in [-0.2, 0) is 34.6 Å². The van der Waals surface area contributed by atoms with Crippen molar-refractivity contribution in [2.45, 2.75) is 161 Å². The van der Waals surface area contributed by atoms with Crippen molar-refractivity contribution in [3.63, 3.8) is 0 Å². The number of rotatable bonds is 22. The maximum Gasteiger partial charge on any atom is 4.00 e. The molecule has 1 aromatic rings. The third-order valence-electron chi connectivity index (χ3n) is 8.27. The van der Waals surface area contributed by atoms with Crippen molar-refractivity contribution >= 4 is 14.7 Å². The van der Waals surface area contributed by atoms with E-state index in [1.54, 1.807) is 16.3 Å². The van der Waals surface area contributed by atoms with Gasteiger partial charge < -0.3 is 49.6 Å². The molecule has 0 bridgehead atoms. The molecule has 232 valence electrons. The van der Waals surface area contributed by atoms with Crippen LogP contribution in [-0.4, -0.2) is 9.52 Å². The van der Waals surface area contributed by atoms with Crippen molar-refractivity contribution in [1.29, 1.82) is 0 Å². The zero-order chi connectivity index (χ0) is 25.0. The van der Waals surface area contributed by atoms with Crippen molar-refractivity contribution in [3.8, 4) is 0 Å². The van der Waals surface area contributed by atoms with Gasteiger partial charge in [0, 0.05) is 9.52 Å². The molecule has 1 aliphatic carbocycles. The first-order valence-electron chi connectivity index (χ1n) is 15.8. The number of hydrogen-bond acceptors (Lipinski definition) is 0. The van der Waals surface area contributed by atoms with Crippen LogP contribution in [0.15, 0.2) is 36.4 Å². The van der Waals surface area contributed by atoms with Gasteiger partial charge >= 0.3 is 21.7 Å². The minimum Gasteiger partial charge on any atom is -1.00 e. The van der Waals surface area contributed by atoms with Gasteiger partial charge in [-0.25, -0.2) is 6.07 Å². The Morgan fingerprint density at radius 3 is 1.57 bits per heavy atom. The Kier molecular flexibility index (Phi) is 37.5. The molecule has 0 aliphatic heterocycles. The summed E-state index contributed by atoms with van der Waals surface area (Å²) in [6.45, 7) is 7.14. The summed E-state index contributed by atoms with van der Waals surface area (Å²) in [5.74, 6) is 0. The predicted molar refractivity (Wildman–Crippen MR) is 163 cm³/mol. The third kappa shape index (κ3) is 21.6. The summed E-state index contributed by atoms with van der Waals surface area (Å²) < 4.78 is 0. The third-order valence-corrected chi connectivity index (χ3v) is 10.6. The Morgan fingerprint density at radius 2 is 1.12 bits per heavy atom. The quantitative estimate of drug-likeness (QED) is 0.0758. The monoisotopic (exact) mass is 683 g/mol. The van der Waals surface area contributed by atoms with Crippen LogP contribution in [0.2, 0.25) is 5.04 Å². The zero-order valence-electron chi connectivity index (χ0n) is 26.0. The van der Waals surface area contributed by atoms with E-state index >= 15 is 0 Å². The first-order chi connectivity index (χ1) is 17.2. The molecule has 0 fully saturated rings. The van der Waals surface area contributed by atoms with Gasteiger partial charge in [0.2, 0.25) is 0 Å². The molecule has 0 nitrogen and oxygen atoms in total. The molecule has 0 saturated carbocycles. The SMILES string of the molecule is CCCCCCCCCCCCCCCCCCc1cc[c-]([SiH2]C2(C)C=CC=CC2)c1CCCC.[Cl-].[Cl-].[Cl-].[Cl-].[Ti+4]. The van der Waals surface area contributed by atoms with E-state index in [1.807, 2.05) is 0 Å². The molecule has 2 rings (SSSR count). The standard InChI is InChI=1S/C34H59Si.4ClH.Ti/c1-4-6-8-9-10-11-12-13-14-15-16-17-18-19-20-22-25-31-27-28-33(32(31)26-7-5-2)35-34(3)29-23-21-24-30-34;;;;;/h21,23-24,27-29H,4-20,22,25-26,30,35H2,1-3H3;4*1H;/q-1;;;;;+4/p-4. The smallest absolute Gasteiger partial charge is 1.00 e. The fourth-order valence-corrected chi connectivity index (χ4v) is 8.17. The normalized spacial score (nSPS) is 15.6. The Bertz CT molecular complexity index is 719. The average Bonchev–Trinajstić information content (AvgIpc) is 3.23. The molecule has 0 radical (unpaired) electrons. The van der Waals surface area contributed by atoms with E-state index in [0.29, 0.717) is 5.04 Å². The van der Waals surface area contributed by atoms with Gasteiger partial charge in [0.05, 0.1) is 0 Å². The van der Waals surface area contributed by atoms with Gasteiger partial charge in [0.15, 0.2) is 0 Å². The van der Waals surface area contributed by atoms with Gasteiger partial charge in [-0.1, -0.05) is 173 Å². The molecule has 40 heavy (non-hydrogen) atoms. The molecule has 0 amide bonds. The van der Waals surface area contributed by atoms with E-state index in [2.05, 4.69) is 57.2 Å². The van der Waals surface area contributed by atoms with Gasteiger partial charge in [0.1, 0.15) is 0 Å². The van der Waals surface area contributed by atoms with Gasteiger partial charge in [0.25, 0.3) is 0 Å². The molecule has 1 unspecified atom stereocenters. The Balaban J connectivity index is -0.00000130. The molecular formula is C34H59Cl4SiTi-. The van der Waals surface area contributed by atoms with E-state index in [4.69, 9.17) is 0 Å². The van der Waals surface area contributed by atoms with E-state index in [-0.39, 0.29) is 80.9 Å². The van der Waals surface area contributed by atoms with Crippen molar-refractivity contribution in [1.82, 2.24) is 0 Å². The van der Waals surface area contributed by atoms with Crippen molar-refractivity contribution in [3.05, 3.63) is 47.6 Å². The maximum atomic E-state index is 2.52. The second-order valence-corrected chi connectivity index (χ2v) is 14.6. The minimum absolute atomic E-state index is 0. The Morgan fingerprint density at radius 1 is 0.650 bits per heavy atom. The van der Waals surface area contributed by atoms with Crippen molar-refractivity contribution < 1.29 is 71.3 Å². The molecule has 0 saturated heterocycles. The van der Waals surface area contributed by atoms with Gasteiger partial charge in [-0.15, -0.1) is 0 Å². The molecule has 1 atom stereocenters. The van der Waals surface area contributed by atoms with Crippen molar-refractivity contribution in [2.75, 3.05) is 0 Å². The van der Waals surface area contributed by atoms with Crippen LogP contribution in [0.25, 0.3) is 0 Å². The second kappa shape index (κ2) is 31.3. The second-order valence-electron chi connectivity index (χ2n) is 11.8. The Hall–Kier alpha value is 0.921. The van der Waals surface area contributed by atoms with Gasteiger partial charge in [-0.2, -0.15) is 22.4 Å². The summed E-state index contributed by atoms with van der Waals surface area (Å²) in [5, 5.41) is 2.21. The maximum absolute atomic E-state index is 2.52. The zero-order valence-corrected chi connectivity index (χ0v) is 32.0. The summed E-state index contributed by atoms with van der Waals surface area (Å²) >= 11 is 0. The summed E-state index contributed by atoms with van der Waals surface area (Å²) in [5.41, 5.74) is 3.47. The summed E-state index contributed by atoms with van der Waals surface area (Å²) in [6.07, 6.45) is 39.1. The number of halogens is 4. The molecule has 0 aromatic heterocycles. The summed E-state index contributed by atoms with van der Waals surface area (Å²) in [4.78, 5) is 0. The van der Waals surface area contributed by atoms with Crippen LogP contribution < -0.4 is 54.8 Å². The number of hydrogen-bond donors (Lipinski definition) is 0. The van der Waals surface area contributed by atoms with Crippen LogP contribution in [0.5, 0.6) is 0 Å². The van der Waals surface area contributed by atoms with Crippen molar-refractivity contribution in [2.24, 2.45) is 0 Å². The predicted octanol–water partition coefficient (Wildman–Crippen LogP) is -1.95. The summed E-state index contributed by atoms with van der Waals surface area (Å²) in [6, 6.07) is 5.03. The number of allylic oxidation sites excluding steroid dienone is 4. The summed E-state index contributed by atoms with van der Waals surface area (Å²) in [7, 11) is -0.285. The van der Waals surface area contributed by atoms with Crippen LogP contribution >= 0.6 is 0 Å². The molecule has 6 heteroatoms. The average molecular weight is 686 g/mol. The van der Waals surface area contributed by atoms with E-state index in [0.717, 1.165) is 0 Å². The molecule has 0 spiro atoms. The fourth-order valence-electron chi connectivity index (χ4n) is 5.88. The van der Waals surface area contributed by atoms with Crippen LogP contribution in [0.3, 0.4) is 0 Å². The first kappa shape index (κ1) is 47.8. The Labute approximate surface area is 292 Å². The molecule has 0 heterocycles. The molecule has 1 aromatic carbocycles. The van der Waals surface area contributed by atoms with E-state index in [1.165, 1.54) is 135 Å². The fraction of sp³-hybridized carbons (Fsp3) is 0.735. The van der Waals surface area contributed by atoms with Gasteiger partial charge in [-0.05, 0) is 11.5 Å². The number of unbranched alkanes of at least 4 members (excludes halogenated alkanes) is 16. The van der Waals surface area contributed by atoms with Crippen LogP contribution in [0.4, 0.5) is 0 Å². The van der Waals surface area contributed by atoms with Gasteiger partial charge in [-0.3, -0.25) is 0 Å². The largest absolute Gasteiger partial charge is 4.00 e. The molecule has 1 aliphatic rings. The molecular weight excluding hydrogens is 626 g/mol. The van der Waals surface area contributed by atoms with Crippen LogP contribution in [0.1, 0.15) is 154 Å². The minimum atomic E-state index is -0.285. The topological polar surface area (TPSA) is 0 Å². The van der Waals surface area contributed by atoms with E-state index < -0.39 is 0 Å².